The van der Waals surface area contributed by atoms with Crippen molar-refractivity contribution >= 4 is 5.91 Å². The number of β-amino-alcohol motifs (C(OH)–C–C–N with tert-alkyl or cyclic N) is 1. The van der Waals surface area contributed by atoms with Crippen molar-refractivity contribution in [2.24, 2.45) is 5.73 Å². The van der Waals surface area contributed by atoms with Crippen molar-refractivity contribution in [3.8, 4) is 0 Å². The second kappa shape index (κ2) is 3.55. The Labute approximate surface area is 74.3 Å². The summed E-state index contributed by atoms with van der Waals surface area (Å²) in [6.07, 6.45) is -1.62. The van der Waals surface area contributed by atoms with Crippen LogP contribution in [0.25, 0.3) is 0 Å². The number of aliphatic hydroxyl groups excluding tert-OH is 1. The molecule has 0 bridgehead atoms. The van der Waals surface area contributed by atoms with Gasteiger partial charge in [0.2, 0.25) is 5.91 Å². The molecule has 1 unspecified atom stereocenters. The third-order valence-corrected chi connectivity index (χ3v) is 1.84. The van der Waals surface area contributed by atoms with E-state index in [0.29, 0.717) is 0 Å². The summed E-state index contributed by atoms with van der Waals surface area (Å²) in [6, 6.07) is 0. The van der Waals surface area contributed by atoms with Crippen molar-refractivity contribution in [3.05, 3.63) is 0 Å². The molecular formula is C7H12F2N2O2. The van der Waals surface area contributed by atoms with E-state index >= 15 is 0 Å². The van der Waals surface area contributed by atoms with Crippen LogP contribution in [-0.2, 0) is 4.79 Å². The number of primary amides is 1. The van der Waals surface area contributed by atoms with Crippen LogP contribution in [0.4, 0.5) is 8.78 Å². The van der Waals surface area contributed by atoms with E-state index in [1.54, 1.807) is 0 Å². The molecule has 1 saturated heterocycles. The molecule has 76 valence electrons. The van der Waals surface area contributed by atoms with E-state index in [9.17, 15) is 13.6 Å². The minimum absolute atomic E-state index is 0.0819. The fourth-order valence-corrected chi connectivity index (χ4v) is 1.50. The highest BCUT2D eigenvalue weighted by atomic mass is 19.3. The first kappa shape index (κ1) is 10.3. The van der Waals surface area contributed by atoms with Crippen molar-refractivity contribution in [3.63, 3.8) is 0 Å². The van der Waals surface area contributed by atoms with E-state index < -0.39 is 30.9 Å². The summed E-state index contributed by atoms with van der Waals surface area (Å²) < 4.78 is 25.6. The maximum absolute atomic E-state index is 12.8. The van der Waals surface area contributed by atoms with Gasteiger partial charge in [-0.2, -0.15) is 0 Å². The number of nitrogens with two attached hydrogens (primary N) is 1. The first-order valence-electron chi connectivity index (χ1n) is 3.95. The Hall–Kier alpha value is -0.750. The van der Waals surface area contributed by atoms with Gasteiger partial charge in [0.15, 0.2) is 0 Å². The summed E-state index contributed by atoms with van der Waals surface area (Å²) in [5.74, 6) is -3.59. The van der Waals surface area contributed by atoms with Gasteiger partial charge >= 0.3 is 0 Å². The number of alkyl halides is 2. The highest BCUT2D eigenvalue weighted by molar-refractivity contribution is 5.75. The Morgan fingerprint density at radius 2 is 2.31 bits per heavy atom. The SMILES string of the molecule is NC(=O)CN1CC(O)CC(F)(F)C1. The van der Waals surface area contributed by atoms with E-state index in [1.807, 2.05) is 0 Å². The van der Waals surface area contributed by atoms with E-state index in [4.69, 9.17) is 10.8 Å². The molecule has 6 heteroatoms. The average molecular weight is 194 g/mol. The van der Waals surface area contributed by atoms with Gasteiger partial charge in [-0.1, -0.05) is 0 Å². The quantitative estimate of drug-likeness (QED) is 0.603. The lowest BCUT2D eigenvalue weighted by Crippen LogP contribution is -2.51. The number of likely N-dealkylation sites (tertiary alicyclic amines) is 1. The number of piperidine rings is 1. The first-order chi connectivity index (χ1) is 5.89. The fourth-order valence-electron chi connectivity index (χ4n) is 1.50. The third kappa shape index (κ3) is 3.23. The van der Waals surface area contributed by atoms with Crippen molar-refractivity contribution in [2.45, 2.75) is 18.4 Å². The Balaban J connectivity index is 2.52. The number of hydrogen-bond donors (Lipinski definition) is 2. The molecule has 1 atom stereocenters. The number of rotatable bonds is 2. The van der Waals surface area contributed by atoms with Gasteiger partial charge in [0.05, 0.1) is 19.2 Å². The lowest BCUT2D eigenvalue weighted by atomic mass is 10.1. The van der Waals surface area contributed by atoms with Crippen LogP contribution >= 0.6 is 0 Å². The topological polar surface area (TPSA) is 66.6 Å². The fraction of sp³-hybridized carbons (Fsp3) is 0.857. The van der Waals surface area contributed by atoms with Crippen molar-refractivity contribution in [1.29, 1.82) is 0 Å². The number of carbonyl (C=O) groups is 1. The maximum Gasteiger partial charge on any atom is 0.263 e. The summed E-state index contributed by atoms with van der Waals surface area (Å²) in [4.78, 5) is 11.6. The molecule has 0 aromatic heterocycles. The highest BCUT2D eigenvalue weighted by Gasteiger charge is 2.39. The predicted octanol–water partition coefficient (Wildman–Crippen LogP) is -0.826. The zero-order chi connectivity index (χ0) is 10.1. The smallest absolute Gasteiger partial charge is 0.263 e. The summed E-state index contributed by atoms with van der Waals surface area (Å²) in [5.41, 5.74) is 4.85. The number of hydrogen-bond acceptors (Lipinski definition) is 3. The van der Waals surface area contributed by atoms with E-state index in [0.717, 1.165) is 4.90 Å². The van der Waals surface area contributed by atoms with Gasteiger partial charge in [-0.05, 0) is 0 Å². The third-order valence-electron chi connectivity index (χ3n) is 1.84. The Morgan fingerprint density at radius 3 is 2.77 bits per heavy atom. The predicted molar refractivity (Wildman–Crippen MR) is 41.2 cm³/mol. The van der Waals surface area contributed by atoms with Gasteiger partial charge < -0.3 is 10.8 Å². The molecule has 1 aliphatic rings. The lowest BCUT2D eigenvalue weighted by Gasteiger charge is -2.34. The molecule has 1 fully saturated rings. The molecule has 1 amide bonds. The van der Waals surface area contributed by atoms with Gasteiger partial charge in [-0.25, -0.2) is 8.78 Å². The maximum atomic E-state index is 12.8. The second-order valence-electron chi connectivity index (χ2n) is 3.35. The van der Waals surface area contributed by atoms with Crippen LogP contribution in [0.1, 0.15) is 6.42 Å². The molecule has 13 heavy (non-hydrogen) atoms. The molecule has 1 rings (SSSR count). The molecule has 0 aromatic rings. The molecule has 1 heterocycles. The molecular weight excluding hydrogens is 182 g/mol. The summed E-state index contributed by atoms with van der Waals surface area (Å²) in [5, 5.41) is 9.05. The molecule has 0 spiro atoms. The number of nitrogens with zero attached hydrogens (tertiary/aromatic N) is 1. The van der Waals surface area contributed by atoms with E-state index in [-0.39, 0.29) is 13.1 Å². The van der Waals surface area contributed by atoms with E-state index in [2.05, 4.69) is 0 Å². The van der Waals surface area contributed by atoms with Crippen molar-refractivity contribution in [2.75, 3.05) is 19.6 Å². The van der Waals surface area contributed by atoms with Crippen molar-refractivity contribution < 1.29 is 18.7 Å². The minimum atomic E-state index is -2.92. The van der Waals surface area contributed by atoms with E-state index in [1.165, 1.54) is 0 Å². The second-order valence-corrected chi connectivity index (χ2v) is 3.35. The standard InChI is InChI=1S/C7H12F2N2O2/c8-7(9)1-5(12)2-11(4-7)3-6(10)13/h5,12H,1-4H2,(H2,10,13). The van der Waals surface area contributed by atoms with Gasteiger partial charge in [0.1, 0.15) is 0 Å². The van der Waals surface area contributed by atoms with Crippen LogP contribution in [-0.4, -0.2) is 47.6 Å². The number of amides is 1. The average Bonchev–Trinajstić information content (AvgIpc) is 1.78. The summed E-state index contributed by atoms with van der Waals surface area (Å²) in [6.45, 7) is -0.655. The van der Waals surface area contributed by atoms with Gasteiger partial charge in [-0.3, -0.25) is 9.69 Å². The molecule has 0 aromatic carbocycles. The highest BCUT2D eigenvalue weighted by Crippen LogP contribution is 2.26. The molecule has 0 saturated carbocycles. The molecule has 4 nitrogen and oxygen atoms in total. The van der Waals surface area contributed by atoms with Crippen LogP contribution in [0.15, 0.2) is 0 Å². The van der Waals surface area contributed by atoms with Gasteiger partial charge in [-0.15, -0.1) is 0 Å². The number of halogens is 2. The zero-order valence-electron chi connectivity index (χ0n) is 7.04. The Kier molecular flexibility index (Phi) is 2.82. The van der Waals surface area contributed by atoms with Crippen LogP contribution in [0.5, 0.6) is 0 Å². The zero-order valence-corrected chi connectivity index (χ0v) is 7.04. The van der Waals surface area contributed by atoms with Crippen LogP contribution < -0.4 is 5.73 Å². The van der Waals surface area contributed by atoms with Crippen LogP contribution in [0.3, 0.4) is 0 Å². The molecule has 3 N–H and O–H groups in total. The van der Waals surface area contributed by atoms with Gasteiger partial charge in [0.25, 0.3) is 5.92 Å². The van der Waals surface area contributed by atoms with Crippen molar-refractivity contribution in [1.82, 2.24) is 4.90 Å². The summed E-state index contributed by atoms with van der Waals surface area (Å²) in [7, 11) is 0. The molecule has 1 aliphatic heterocycles. The Bertz CT molecular complexity index is 211. The largest absolute Gasteiger partial charge is 0.392 e. The first-order valence-corrected chi connectivity index (χ1v) is 3.95. The lowest BCUT2D eigenvalue weighted by molar-refractivity contribution is -0.128. The summed E-state index contributed by atoms with van der Waals surface area (Å²) >= 11 is 0. The normalized spacial score (nSPS) is 28.7. The number of aliphatic hydroxyl groups is 1. The minimum Gasteiger partial charge on any atom is -0.392 e. The molecule has 0 radical (unpaired) electrons. The van der Waals surface area contributed by atoms with Crippen LogP contribution in [0, 0.1) is 0 Å². The van der Waals surface area contributed by atoms with Crippen LogP contribution in [0.2, 0.25) is 0 Å². The van der Waals surface area contributed by atoms with Gasteiger partial charge in [0, 0.05) is 13.0 Å². The monoisotopic (exact) mass is 194 g/mol. The number of carbonyl (C=O) groups excluding carboxylic acids is 1. The molecule has 0 aliphatic carbocycles. The Morgan fingerprint density at radius 1 is 1.69 bits per heavy atom.